The van der Waals surface area contributed by atoms with E-state index in [4.69, 9.17) is 5.73 Å². The summed E-state index contributed by atoms with van der Waals surface area (Å²) in [6, 6.07) is 6.17. The van der Waals surface area contributed by atoms with Crippen LogP contribution in [-0.2, 0) is 0 Å². The molecule has 2 N–H and O–H groups in total. The highest BCUT2D eigenvalue weighted by molar-refractivity contribution is 7.10. The highest BCUT2D eigenvalue weighted by atomic mass is 32.1. The normalized spacial score (nSPS) is 13.0. The predicted octanol–water partition coefficient (Wildman–Crippen LogP) is 2.14. The van der Waals surface area contributed by atoms with E-state index in [1.54, 1.807) is 17.5 Å². The van der Waals surface area contributed by atoms with Crippen molar-refractivity contribution in [3.8, 4) is 0 Å². The second-order valence-corrected chi connectivity index (χ2v) is 3.87. The summed E-state index contributed by atoms with van der Waals surface area (Å²) >= 11 is 1.72. The summed E-state index contributed by atoms with van der Waals surface area (Å²) in [4.78, 5) is 1.27. The van der Waals surface area contributed by atoms with Crippen LogP contribution in [0.3, 0.4) is 0 Å². The summed E-state index contributed by atoms with van der Waals surface area (Å²) in [6.45, 7) is 2.09. The highest BCUT2D eigenvalue weighted by Gasteiger charge is 2.10. The van der Waals surface area contributed by atoms with Crippen molar-refractivity contribution in [2.24, 2.45) is 0 Å². The minimum Gasteiger partial charge on any atom is -0.384 e. The van der Waals surface area contributed by atoms with E-state index < -0.39 is 0 Å². The summed E-state index contributed by atoms with van der Waals surface area (Å²) in [5, 5.41) is 6.23. The first-order valence-electron chi connectivity index (χ1n) is 4.11. The first-order chi connectivity index (χ1) is 6.29. The molecule has 4 heteroatoms. The Hall–Kier alpha value is -1.29. The van der Waals surface area contributed by atoms with Crippen molar-refractivity contribution < 1.29 is 0 Å². The first kappa shape index (κ1) is 8.31. The Bertz CT molecular complexity index is 377. The van der Waals surface area contributed by atoms with Crippen LogP contribution in [0.5, 0.6) is 0 Å². The lowest BCUT2D eigenvalue weighted by Gasteiger charge is -2.11. The molecule has 2 heterocycles. The van der Waals surface area contributed by atoms with Crippen molar-refractivity contribution in [2.75, 3.05) is 5.73 Å². The largest absolute Gasteiger partial charge is 0.384 e. The Morgan fingerprint density at radius 1 is 1.54 bits per heavy atom. The third-order valence-corrected chi connectivity index (χ3v) is 3.07. The molecule has 2 aromatic rings. The highest BCUT2D eigenvalue weighted by Crippen LogP contribution is 2.23. The molecule has 0 saturated carbocycles. The van der Waals surface area contributed by atoms with Crippen LogP contribution in [0.4, 0.5) is 5.82 Å². The lowest BCUT2D eigenvalue weighted by atomic mass is 10.3. The Morgan fingerprint density at radius 3 is 2.92 bits per heavy atom. The number of hydrogen-bond donors (Lipinski definition) is 1. The third-order valence-electron chi connectivity index (χ3n) is 2.02. The number of nitrogens with two attached hydrogens (primary N) is 1. The van der Waals surface area contributed by atoms with Crippen LogP contribution < -0.4 is 5.73 Å². The molecule has 0 aliphatic carbocycles. The fourth-order valence-corrected chi connectivity index (χ4v) is 2.07. The van der Waals surface area contributed by atoms with Gasteiger partial charge in [-0.25, -0.2) is 4.68 Å². The topological polar surface area (TPSA) is 43.8 Å². The predicted molar refractivity (Wildman–Crippen MR) is 54.8 cm³/mol. The van der Waals surface area contributed by atoms with E-state index in [9.17, 15) is 0 Å². The van der Waals surface area contributed by atoms with Crippen LogP contribution >= 0.6 is 11.3 Å². The van der Waals surface area contributed by atoms with Crippen molar-refractivity contribution in [3.05, 3.63) is 34.7 Å². The van der Waals surface area contributed by atoms with E-state index in [1.807, 2.05) is 16.8 Å². The summed E-state index contributed by atoms with van der Waals surface area (Å²) < 4.78 is 1.83. The van der Waals surface area contributed by atoms with Crippen molar-refractivity contribution in [1.82, 2.24) is 9.78 Å². The Balaban J connectivity index is 2.33. The molecule has 3 nitrogen and oxygen atoms in total. The molecular formula is C9H11N3S. The van der Waals surface area contributed by atoms with E-state index in [2.05, 4.69) is 23.5 Å². The second kappa shape index (κ2) is 3.22. The lowest BCUT2D eigenvalue weighted by Crippen LogP contribution is -2.09. The van der Waals surface area contributed by atoms with Gasteiger partial charge in [-0.1, -0.05) is 6.07 Å². The molecule has 68 valence electrons. The lowest BCUT2D eigenvalue weighted by molar-refractivity contribution is 0.581. The van der Waals surface area contributed by atoms with Crippen LogP contribution in [-0.4, -0.2) is 9.78 Å². The maximum atomic E-state index is 5.75. The molecule has 0 radical (unpaired) electrons. The van der Waals surface area contributed by atoms with Crippen molar-refractivity contribution in [2.45, 2.75) is 13.0 Å². The van der Waals surface area contributed by atoms with Gasteiger partial charge >= 0.3 is 0 Å². The second-order valence-electron chi connectivity index (χ2n) is 2.89. The standard InChI is InChI=1S/C9H11N3S/c1-7(8-3-2-6-13-8)12-9(10)4-5-11-12/h2-7H,10H2,1H3. The monoisotopic (exact) mass is 193 g/mol. The van der Waals surface area contributed by atoms with Gasteiger partial charge in [0.05, 0.1) is 12.2 Å². The summed E-state index contributed by atoms with van der Waals surface area (Å²) in [5.74, 6) is 0.709. The van der Waals surface area contributed by atoms with Gasteiger partial charge in [0.2, 0.25) is 0 Å². The van der Waals surface area contributed by atoms with E-state index >= 15 is 0 Å². The molecule has 0 fully saturated rings. The number of aromatic nitrogens is 2. The molecule has 0 aliphatic heterocycles. The fourth-order valence-electron chi connectivity index (χ4n) is 1.30. The minimum absolute atomic E-state index is 0.231. The quantitative estimate of drug-likeness (QED) is 0.794. The molecule has 1 atom stereocenters. The molecule has 13 heavy (non-hydrogen) atoms. The molecular weight excluding hydrogens is 182 g/mol. The van der Waals surface area contributed by atoms with Crippen molar-refractivity contribution >= 4 is 17.2 Å². The van der Waals surface area contributed by atoms with Gasteiger partial charge in [-0.2, -0.15) is 5.10 Å². The van der Waals surface area contributed by atoms with Gasteiger partial charge in [0.1, 0.15) is 5.82 Å². The van der Waals surface area contributed by atoms with E-state index in [0.29, 0.717) is 5.82 Å². The van der Waals surface area contributed by atoms with E-state index in [-0.39, 0.29) is 6.04 Å². The summed E-state index contributed by atoms with van der Waals surface area (Å²) in [7, 11) is 0. The van der Waals surface area contributed by atoms with Gasteiger partial charge in [0.15, 0.2) is 0 Å². The number of rotatable bonds is 2. The van der Waals surface area contributed by atoms with Gasteiger partial charge in [0.25, 0.3) is 0 Å². The molecule has 2 aromatic heterocycles. The number of hydrogen-bond acceptors (Lipinski definition) is 3. The zero-order chi connectivity index (χ0) is 9.26. The molecule has 0 saturated heterocycles. The van der Waals surface area contributed by atoms with Gasteiger partial charge in [-0.15, -0.1) is 11.3 Å². The van der Waals surface area contributed by atoms with Gasteiger partial charge < -0.3 is 5.73 Å². The number of thiophene rings is 1. The summed E-state index contributed by atoms with van der Waals surface area (Å²) in [6.07, 6.45) is 1.72. The number of anilines is 1. The minimum atomic E-state index is 0.231. The van der Waals surface area contributed by atoms with Crippen LogP contribution in [0.1, 0.15) is 17.8 Å². The summed E-state index contributed by atoms with van der Waals surface area (Å²) in [5.41, 5.74) is 5.75. The van der Waals surface area contributed by atoms with Gasteiger partial charge in [-0.05, 0) is 24.4 Å². The van der Waals surface area contributed by atoms with Gasteiger partial charge in [-0.3, -0.25) is 0 Å². The molecule has 0 amide bonds. The fraction of sp³-hybridized carbons (Fsp3) is 0.222. The van der Waals surface area contributed by atoms with Crippen LogP contribution in [0.25, 0.3) is 0 Å². The average Bonchev–Trinajstić information content (AvgIpc) is 2.72. The van der Waals surface area contributed by atoms with Crippen LogP contribution in [0.2, 0.25) is 0 Å². The van der Waals surface area contributed by atoms with Crippen molar-refractivity contribution in [1.29, 1.82) is 0 Å². The average molecular weight is 193 g/mol. The molecule has 1 unspecified atom stereocenters. The molecule has 0 spiro atoms. The number of nitrogens with zero attached hydrogens (tertiary/aromatic N) is 2. The maximum Gasteiger partial charge on any atom is 0.122 e. The zero-order valence-corrected chi connectivity index (χ0v) is 8.16. The van der Waals surface area contributed by atoms with Gasteiger partial charge in [0, 0.05) is 4.88 Å². The molecule has 0 aromatic carbocycles. The smallest absolute Gasteiger partial charge is 0.122 e. The van der Waals surface area contributed by atoms with E-state index in [0.717, 1.165) is 0 Å². The Kier molecular flexibility index (Phi) is 2.06. The SMILES string of the molecule is CC(c1cccs1)n1nccc1N. The number of nitrogen functional groups attached to an aromatic ring is 1. The van der Waals surface area contributed by atoms with E-state index in [1.165, 1.54) is 4.88 Å². The Morgan fingerprint density at radius 2 is 2.38 bits per heavy atom. The Labute approximate surface area is 80.8 Å². The zero-order valence-electron chi connectivity index (χ0n) is 7.34. The van der Waals surface area contributed by atoms with Crippen molar-refractivity contribution in [3.63, 3.8) is 0 Å². The van der Waals surface area contributed by atoms with Crippen LogP contribution in [0.15, 0.2) is 29.8 Å². The molecule has 2 rings (SSSR count). The maximum absolute atomic E-state index is 5.75. The molecule has 0 bridgehead atoms. The molecule has 0 aliphatic rings. The van der Waals surface area contributed by atoms with Crippen LogP contribution in [0, 0.1) is 0 Å². The first-order valence-corrected chi connectivity index (χ1v) is 4.99. The third kappa shape index (κ3) is 1.45.